The number of hydrogen-bond acceptors (Lipinski definition) is 1. The molecule has 0 heterocycles. The molecular weight excluding hydrogens is 170 g/mol. The van der Waals surface area contributed by atoms with Crippen LogP contribution in [0.1, 0.15) is 25.3 Å². The van der Waals surface area contributed by atoms with Gasteiger partial charge in [-0.2, -0.15) is 0 Å². The van der Waals surface area contributed by atoms with Crippen LogP contribution in [0.25, 0.3) is 0 Å². The molecular formula is C13H17N. The van der Waals surface area contributed by atoms with Crippen LogP contribution in [0.2, 0.25) is 0 Å². The Morgan fingerprint density at radius 1 is 1.14 bits per heavy atom. The molecule has 0 aliphatic carbocycles. The Morgan fingerprint density at radius 2 is 1.93 bits per heavy atom. The molecule has 0 saturated carbocycles. The second kappa shape index (κ2) is 7.17. The van der Waals surface area contributed by atoms with Crippen LogP contribution in [0.3, 0.4) is 0 Å². The summed E-state index contributed by atoms with van der Waals surface area (Å²) in [7, 11) is 0. The van der Waals surface area contributed by atoms with Crippen LogP contribution in [-0.2, 0) is 0 Å². The summed E-state index contributed by atoms with van der Waals surface area (Å²) in [6.45, 7) is 4.25. The van der Waals surface area contributed by atoms with Crippen molar-refractivity contribution < 1.29 is 0 Å². The van der Waals surface area contributed by atoms with Gasteiger partial charge in [-0.3, -0.25) is 0 Å². The molecule has 1 nitrogen and oxygen atoms in total. The number of hydrogen-bond donors (Lipinski definition) is 1. The Bertz CT molecular complexity index is 292. The Hall–Kier alpha value is -1.26. The third-order valence-electron chi connectivity index (χ3n) is 1.86. The van der Waals surface area contributed by atoms with Crippen LogP contribution in [-0.4, -0.2) is 13.1 Å². The first-order chi connectivity index (χ1) is 6.93. The number of nitrogens with one attached hydrogen (secondary N) is 1. The molecule has 0 atom stereocenters. The van der Waals surface area contributed by atoms with Gasteiger partial charge in [0, 0.05) is 18.5 Å². The van der Waals surface area contributed by atoms with E-state index in [4.69, 9.17) is 0 Å². The van der Waals surface area contributed by atoms with Crippen molar-refractivity contribution in [1.82, 2.24) is 5.32 Å². The van der Waals surface area contributed by atoms with E-state index in [1.54, 1.807) is 0 Å². The van der Waals surface area contributed by atoms with Crippen molar-refractivity contribution in [3.8, 4) is 11.8 Å². The van der Waals surface area contributed by atoms with Crippen molar-refractivity contribution in [2.75, 3.05) is 13.1 Å². The fraction of sp³-hybridized carbons (Fsp3) is 0.385. The van der Waals surface area contributed by atoms with Gasteiger partial charge >= 0.3 is 0 Å². The quantitative estimate of drug-likeness (QED) is 0.564. The Labute approximate surface area is 86.5 Å². The monoisotopic (exact) mass is 187 g/mol. The highest BCUT2D eigenvalue weighted by Gasteiger charge is 1.82. The summed E-state index contributed by atoms with van der Waals surface area (Å²) < 4.78 is 0. The first kappa shape index (κ1) is 10.8. The molecule has 0 spiro atoms. The van der Waals surface area contributed by atoms with Crippen molar-refractivity contribution in [3.05, 3.63) is 35.9 Å². The largest absolute Gasteiger partial charge is 0.316 e. The van der Waals surface area contributed by atoms with Crippen LogP contribution < -0.4 is 5.32 Å². The molecule has 0 aromatic heterocycles. The summed E-state index contributed by atoms with van der Waals surface area (Å²) >= 11 is 0. The Morgan fingerprint density at radius 3 is 2.64 bits per heavy atom. The highest BCUT2D eigenvalue weighted by molar-refractivity contribution is 5.33. The second-order valence-corrected chi connectivity index (χ2v) is 3.17. The molecule has 0 aliphatic rings. The molecule has 14 heavy (non-hydrogen) atoms. The zero-order chi connectivity index (χ0) is 10.1. The van der Waals surface area contributed by atoms with Crippen LogP contribution in [0.5, 0.6) is 0 Å². The lowest BCUT2D eigenvalue weighted by atomic mass is 10.2. The average Bonchev–Trinajstić information content (AvgIpc) is 2.25. The van der Waals surface area contributed by atoms with Gasteiger partial charge in [0.1, 0.15) is 0 Å². The van der Waals surface area contributed by atoms with E-state index in [-0.39, 0.29) is 0 Å². The molecule has 74 valence electrons. The fourth-order valence-electron chi connectivity index (χ4n) is 1.14. The summed E-state index contributed by atoms with van der Waals surface area (Å²) in [5, 5.41) is 3.32. The van der Waals surface area contributed by atoms with Gasteiger partial charge in [0.05, 0.1) is 0 Å². The van der Waals surface area contributed by atoms with Crippen molar-refractivity contribution in [1.29, 1.82) is 0 Å². The average molecular weight is 187 g/mol. The van der Waals surface area contributed by atoms with Crippen LogP contribution in [0, 0.1) is 11.8 Å². The normalized spacial score (nSPS) is 9.21. The van der Waals surface area contributed by atoms with Gasteiger partial charge < -0.3 is 5.32 Å². The minimum Gasteiger partial charge on any atom is -0.316 e. The number of rotatable bonds is 4. The maximum absolute atomic E-state index is 3.32. The van der Waals surface area contributed by atoms with E-state index >= 15 is 0 Å². The van der Waals surface area contributed by atoms with E-state index in [2.05, 4.69) is 24.1 Å². The summed E-state index contributed by atoms with van der Waals surface area (Å²) in [4.78, 5) is 0. The van der Waals surface area contributed by atoms with Crippen LogP contribution in [0.4, 0.5) is 0 Å². The van der Waals surface area contributed by atoms with E-state index in [1.165, 1.54) is 6.42 Å². The predicted octanol–water partition coefficient (Wildman–Crippen LogP) is 2.43. The molecule has 0 bridgehead atoms. The first-order valence-electron chi connectivity index (χ1n) is 5.18. The minimum atomic E-state index is 0.925. The minimum absolute atomic E-state index is 0.925. The lowest BCUT2D eigenvalue weighted by molar-refractivity contribution is 0.683. The molecule has 1 heteroatoms. The van der Waals surface area contributed by atoms with Crippen molar-refractivity contribution >= 4 is 0 Å². The molecule has 0 amide bonds. The highest BCUT2D eigenvalue weighted by atomic mass is 14.8. The molecule has 0 fully saturated rings. The van der Waals surface area contributed by atoms with Gasteiger partial charge in [-0.25, -0.2) is 0 Å². The van der Waals surface area contributed by atoms with E-state index in [0.29, 0.717) is 0 Å². The second-order valence-electron chi connectivity index (χ2n) is 3.17. The predicted molar refractivity (Wildman–Crippen MR) is 61.1 cm³/mol. The van der Waals surface area contributed by atoms with Gasteiger partial charge in [0.15, 0.2) is 0 Å². The standard InChI is InChI=1S/C13H17N/c1-2-11-14-12-7-6-10-13-8-4-3-5-9-13/h3-5,8-9,14H,2,7,11-12H2,1H3. The van der Waals surface area contributed by atoms with E-state index in [0.717, 1.165) is 25.1 Å². The van der Waals surface area contributed by atoms with Crippen LogP contribution in [0.15, 0.2) is 30.3 Å². The number of benzene rings is 1. The summed E-state index contributed by atoms with van der Waals surface area (Å²) in [5.41, 5.74) is 1.10. The molecule has 0 unspecified atom stereocenters. The topological polar surface area (TPSA) is 12.0 Å². The van der Waals surface area contributed by atoms with Gasteiger partial charge in [-0.05, 0) is 25.1 Å². The summed E-state index contributed by atoms with van der Waals surface area (Å²) in [6, 6.07) is 10.1. The molecule has 0 saturated heterocycles. The van der Waals surface area contributed by atoms with Crippen molar-refractivity contribution in [3.63, 3.8) is 0 Å². The Balaban J connectivity index is 2.21. The molecule has 1 aromatic carbocycles. The molecule has 1 N–H and O–H groups in total. The van der Waals surface area contributed by atoms with E-state index in [9.17, 15) is 0 Å². The van der Waals surface area contributed by atoms with Gasteiger partial charge in [0.2, 0.25) is 0 Å². The maximum Gasteiger partial charge on any atom is 0.0245 e. The Kier molecular flexibility index (Phi) is 5.54. The zero-order valence-corrected chi connectivity index (χ0v) is 8.72. The van der Waals surface area contributed by atoms with Gasteiger partial charge in [0.25, 0.3) is 0 Å². The SMILES string of the molecule is CCCNCCC#Cc1ccccc1. The van der Waals surface area contributed by atoms with Gasteiger partial charge in [-0.15, -0.1) is 0 Å². The lowest BCUT2D eigenvalue weighted by Gasteiger charge is -1.96. The lowest BCUT2D eigenvalue weighted by Crippen LogP contribution is -2.15. The molecule has 1 rings (SSSR count). The third kappa shape index (κ3) is 4.69. The smallest absolute Gasteiger partial charge is 0.0245 e. The zero-order valence-electron chi connectivity index (χ0n) is 8.72. The highest BCUT2D eigenvalue weighted by Crippen LogP contribution is 1.94. The summed E-state index contributed by atoms with van der Waals surface area (Å²) in [5.74, 6) is 6.28. The van der Waals surface area contributed by atoms with Crippen molar-refractivity contribution in [2.45, 2.75) is 19.8 Å². The van der Waals surface area contributed by atoms with Gasteiger partial charge in [-0.1, -0.05) is 37.0 Å². The third-order valence-corrected chi connectivity index (χ3v) is 1.86. The van der Waals surface area contributed by atoms with E-state index in [1.807, 2.05) is 30.3 Å². The summed E-state index contributed by atoms with van der Waals surface area (Å²) in [6.07, 6.45) is 2.11. The van der Waals surface area contributed by atoms with Crippen LogP contribution >= 0.6 is 0 Å². The van der Waals surface area contributed by atoms with E-state index < -0.39 is 0 Å². The molecule has 1 aromatic rings. The van der Waals surface area contributed by atoms with Crippen molar-refractivity contribution in [2.24, 2.45) is 0 Å². The fourth-order valence-corrected chi connectivity index (χ4v) is 1.14. The molecule has 0 radical (unpaired) electrons. The maximum atomic E-state index is 3.32. The molecule has 0 aliphatic heterocycles. The first-order valence-corrected chi connectivity index (χ1v) is 5.18.